The lowest BCUT2D eigenvalue weighted by Crippen LogP contribution is -2.27. The van der Waals surface area contributed by atoms with E-state index in [1.165, 1.54) is 22.3 Å². The number of nitrogens with zero attached hydrogens (tertiary/aromatic N) is 3. The van der Waals surface area contributed by atoms with Gasteiger partial charge in [-0.1, -0.05) is 59.3 Å². The maximum atomic E-state index is 5.61. The monoisotopic (exact) mass is 384 g/mol. The third-order valence-corrected chi connectivity index (χ3v) is 5.08. The van der Waals surface area contributed by atoms with E-state index in [4.69, 9.17) is 10.3 Å². The first-order chi connectivity index (χ1) is 12.7. The van der Waals surface area contributed by atoms with E-state index in [0.717, 1.165) is 19.4 Å². The van der Waals surface area contributed by atoms with Crippen LogP contribution in [0, 0.1) is 6.92 Å². The fraction of sp³-hybridized carbons (Fsp3) is 0.333. The van der Waals surface area contributed by atoms with Gasteiger partial charge >= 0.3 is 0 Å². The number of nitrogens with two attached hydrogens (primary N) is 1. The number of benzene rings is 2. The smallest absolute Gasteiger partial charge is 0.240 e. The Bertz CT molecular complexity index is 878. The highest BCUT2D eigenvalue weighted by Gasteiger charge is 2.28. The largest absolute Gasteiger partial charge is 0.338 e. The van der Waals surface area contributed by atoms with Crippen LogP contribution in [0.1, 0.15) is 46.4 Å². The van der Waals surface area contributed by atoms with Gasteiger partial charge in [0.25, 0.3) is 0 Å². The van der Waals surface area contributed by atoms with E-state index in [1.54, 1.807) is 0 Å². The molecule has 27 heavy (non-hydrogen) atoms. The van der Waals surface area contributed by atoms with Gasteiger partial charge in [-0.3, -0.25) is 4.90 Å². The number of aryl methyl sites for hydroxylation is 2. The summed E-state index contributed by atoms with van der Waals surface area (Å²) in [6.07, 6.45) is 2.23. The van der Waals surface area contributed by atoms with Crippen LogP contribution in [0.4, 0.5) is 0 Å². The number of halogens is 1. The lowest BCUT2D eigenvalue weighted by atomic mass is 10.1. The van der Waals surface area contributed by atoms with Crippen LogP contribution in [0.2, 0.25) is 0 Å². The van der Waals surface area contributed by atoms with Gasteiger partial charge in [0.2, 0.25) is 5.89 Å². The molecule has 2 aromatic carbocycles. The molecule has 4 rings (SSSR count). The zero-order chi connectivity index (χ0) is 17.9. The highest BCUT2D eigenvalue weighted by atomic mass is 35.5. The van der Waals surface area contributed by atoms with E-state index in [1.807, 2.05) is 0 Å². The Labute approximate surface area is 166 Å². The molecule has 6 heteroatoms. The van der Waals surface area contributed by atoms with Gasteiger partial charge in [-0.15, -0.1) is 12.4 Å². The molecule has 1 unspecified atom stereocenters. The molecule has 0 saturated heterocycles. The molecule has 0 amide bonds. The van der Waals surface area contributed by atoms with Gasteiger partial charge in [-0.2, -0.15) is 4.98 Å². The molecule has 1 aromatic heterocycles. The topological polar surface area (TPSA) is 68.2 Å². The van der Waals surface area contributed by atoms with Crippen molar-refractivity contribution in [2.45, 2.75) is 45.4 Å². The standard InChI is InChI=1S/C21H24N4O.ClH/c1-15-6-8-16(9-7-15)13-25(14-20-23-21(12-22)26-24-20)19-11-10-17-4-2-3-5-18(17)19;/h2-9,19H,10-14,22H2,1H3;1H. The van der Waals surface area contributed by atoms with Gasteiger partial charge in [-0.05, 0) is 36.5 Å². The van der Waals surface area contributed by atoms with Crippen molar-refractivity contribution in [3.8, 4) is 0 Å². The van der Waals surface area contributed by atoms with Crippen molar-refractivity contribution < 1.29 is 4.52 Å². The number of aromatic nitrogens is 2. The molecule has 2 N–H and O–H groups in total. The predicted octanol–water partition coefficient (Wildman–Crippen LogP) is 3.95. The van der Waals surface area contributed by atoms with Crippen molar-refractivity contribution in [2.75, 3.05) is 0 Å². The van der Waals surface area contributed by atoms with Crippen LogP contribution in [-0.4, -0.2) is 15.0 Å². The Hall–Kier alpha value is -2.21. The fourth-order valence-corrected chi connectivity index (χ4v) is 3.74. The predicted molar refractivity (Wildman–Crippen MR) is 107 cm³/mol. The van der Waals surface area contributed by atoms with Gasteiger partial charge in [0.15, 0.2) is 5.82 Å². The number of hydrogen-bond acceptors (Lipinski definition) is 5. The number of fused-ring (bicyclic) bond motifs is 1. The molecule has 142 valence electrons. The summed E-state index contributed by atoms with van der Waals surface area (Å²) in [7, 11) is 0. The lowest BCUT2D eigenvalue weighted by Gasteiger charge is -2.28. The lowest BCUT2D eigenvalue weighted by molar-refractivity contribution is 0.171. The van der Waals surface area contributed by atoms with E-state index in [-0.39, 0.29) is 19.0 Å². The summed E-state index contributed by atoms with van der Waals surface area (Å²) < 4.78 is 5.20. The molecule has 1 atom stereocenters. The maximum absolute atomic E-state index is 5.61. The van der Waals surface area contributed by atoms with Crippen LogP contribution < -0.4 is 5.73 Å². The summed E-state index contributed by atoms with van der Waals surface area (Å²) in [5.74, 6) is 1.18. The molecule has 0 radical (unpaired) electrons. The Morgan fingerprint density at radius 3 is 2.63 bits per heavy atom. The Balaban J connectivity index is 0.00000210. The average Bonchev–Trinajstić information content (AvgIpc) is 3.29. The van der Waals surface area contributed by atoms with E-state index < -0.39 is 0 Å². The second-order valence-corrected chi connectivity index (χ2v) is 6.95. The van der Waals surface area contributed by atoms with Gasteiger partial charge in [0.05, 0.1) is 13.1 Å². The van der Waals surface area contributed by atoms with Crippen LogP contribution >= 0.6 is 12.4 Å². The van der Waals surface area contributed by atoms with Gasteiger partial charge in [-0.25, -0.2) is 0 Å². The molecule has 0 fully saturated rings. The van der Waals surface area contributed by atoms with Gasteiger partial charge in [0, 0.05) is 12.6 Å². The third-order valence-electron chi connectivity index (χ3n) is 5.08. The van der Waals surface area contributed by atoms with Crippen molar-refractivity contribution in [2.24, 2.45) is 5.73 Å². The van der Waals surface area contributed by atoms with Crippen LogP contribution in [0.3, 0.4) is 0 Å². The summed E-state index contributed by atoms with van der Waals surface area (Å²) in [6.45, 7) is 3.89. The Kier molecular flexibility index (Phi) is 6.26. The second-order valence-electron chi connectivity index (χ2n) is 6.95. The summed E-state index contributed by atoms with van der Waals surface area (Å²) >= 11 is 0. The molecular formula is C21H25ClN4O. The third kappa shape index (κ3) is 4.38. The average molecular weight is 385 g/mol. The molecule has 1 aliphatic rings. The fourth-order valence-electron chi connectivity index (χ4n) is 3.74. The first-order valence-electron chi connectivity index (χ1n) is 9.12. The van der Waals surface area contributed by atoms with Crippen molar-refractivity contribution in [3.63, 3.8) is 0 Å². The van der Waals surface area contributed by atoms with Crippen molar-refractivity contribution >= 4 is 12.4 Å². The van der Waals surface area contributed by atoms with E-state index in [2.05, 4.69) is 70.5 Å². The molecule has 1 aliphatic carbocycles. The first kappa shape index (κ1) is 19.5. The summed E-state index contributed by atoms with van der Waals surface area (Å²) in [5.41, 5.74) is 11.0. The maximum Gasteiger partial charge on any atom is 0.240 e. The van der Waals surface area contributed by atoms with Crippen molar-refractivity contribution in [3.05, 3.63) is 82.5 Å². The minimum Gasteiger partial charge on any atom is -0.338 e. The van der Waals surface area contributed by atoms with Crippen molar-refractivity contribution in [1.29, 1.82) is 0 Å². The number of rotatable bonds is 6. The quantitative estimate of drug-likeness (QED) is 0.696. The summed E-state index contributed by atoms with van der Waals surface area (Å²) in [5, 5.41) is 4.10. The molecule has 1 heterocycles. The van der Waals surface area contributed by atoms with Crippen LogP contribution in [-0.2, 0) is 26.1 Å². The molecular weight excluding hydrogens is 360 g/mol. The zero-order valence-electron chi connectivity index (χ0n) is 15.5. The van der Waals surface area contributed by atoms with Gasteiger partial charge in [0.1, 0.15) is 0 Å². The van der Waals surface area contributed by atoms with Crippen LogP contribution in [0.25, 0.3) is 0 Å². The first-order valence-corrected chi connectivity index (χ1v) is 9.12. The van der Waals surface area contributed by atoms with E-state index >= 15 is 0 Å². The van der Waals surface area contributed by atoms with Crippen LogP contribution in [0.15, 0.2) is 53.1 Å². The molecule has 0 saturated carbocycles. The van der Waals surface area contributed by atoms with E-state index in [0.29, 0.717) is 24.3 Å². The molecule has 0 aliphatic heterocycles. The normalized spacial score (nSPS) is 15.6. The minimum atomic E-state index is 0. The van der Waals surface area contributed by atoms with Crippen LogP contribution in [0.5, 0.6) is 0 Å². The Morgan fingerprint density at radius 2 is 1.89 bits per heavy atom. The van der Waals surface area contributed by atoms with Crippen molar-refractivity contribution in [1.82, 2.24) is 15.0 Å². The zero-order valence-corrected chi connectivity index (χ0v) is 16.3. The molecule has 5 nitrogen and oxygen atoms in total. The highest BCUT2D eigenvalue weighted by Crippen LogP contribution is 2.37. The second kappa shape index (κ2) is 8.65. The Morgan fingerprint density at radius 1 is 1.11 bits per heavy atom. The van der Waals surface area contributed by atoms with Gasteiger partial charge < -0.3 is 10.3 Å². The summed E-state index contributed by atoms with van der Waals surface area (Å²) in [4.78, 5) is 6.85. The molecule has 3 aromatic rings. The molecule has 0 spiro atoms. The SMILES string of the molecule is Cc1ccc(CN(Cc2noc(CN)n2)C2CCc3ccccc32)cc1.Cl. The number of hydrogen-bond donors (Lipinski definition) is 1. The summed E-state index contributed by atoms with van der Waals surface area (Å²) in [6, 6.07) is 17.8. The molecule has 0 bridgehead atoms. The van der Waals surface area contributed by atoms with E-state index in [9.17, 15) is 0 Å². The highest BCUT2D eigenvalue weighted by molar-refractivity contribution is 5.85. The minimum absolute atomic E-state index is 0.